The highest BCUT2D eigenvalue weighted by atomic mass is 19.1. The van der Waals surface area contributed by atoms with Gasteiger partial charge in [0.05, 0.1) is 47.2 Å². The van der Waals surface area contributed by atoms with E-state index in [0.29, 0.717) is 38.8 Å². The third-order valence-corrected chi connectivity index (χ3v) is 15.5. The zero-order chi connectivity index (χ0) is 60.9. The van der Waals surface area contributed by atoms with E-state index >= 15 is 0 Å². The number of fused-ring (bicyclic) bond motifs is 6. The number of halogens is 2. The van der Waals surface area contributed by atoms with Crippen LogP contribution in [-0.4, -0.2) is 80.9 Å². The van der Waals surface area contributed by atoms with Crippen molar-refractivity contribution >= 4 is 35.6 Å². The normalized spacial score (nSPS) is 19.7. The number of benzene rings is 4. The predicted molar refractivity (Wildman–Crippen MR) is 325 cm³/mol. The molecule has 0 unspecified atom stereocenters. The molecule has 0 aliphatic carbocycles. The molecule has 0 bridgehead atoms. The highest BCUT2D eigenvalue weighted by Gasteiger charge is 2.37. The van der Waals surface area contributed by atoms with Gasteiger partial charge in [-0.25, -0.2) is 8.78 Å². The Hall–Kier alpha value is -7.40. The van der Waals surface area contributed by atoms with Crippen molar-refractivity contribution in [3.05, 3.63) is 166 Å². The molecule has 1 amide bonds. The SMILES string of the molecule is CC(=O)C[C@H]1C[C@@H](/C=C/c2c(C(C)C)nc3c(c2-c2ccc(F)cc2)CN(C(=O)COC(C)=O)Cc2ccccc2-3)OC(C)(C)O1.CC(=O)C[C@H]1C[C@@H](/C=C/c2c(C(C)C)nc3c(c2-c2ccc(F)cc2)CNCc2ccccc2-3)OC(C)(C)O1. The highest BCUT2D eigenvalue weighted by molar-refractivity contribution is 5.89. The molecule has 4 aliphatic heterocycles. The van der Waals surface area contributed by atoms with Gasteiger partial charge in [-0.15, -0.1) is 0 Å². The van der Waals surface area contributed by atoms with Gasteiger partial charge in [-0.05, 0) is 111 Å². The zero-order valence-corrected chi connectivity index (χ0v) is 50.6. The Morgan fingerprint density at radius 3 is 1.53 bits per heavy atom. The molecule has 0 saturated carbocycles. The van der Waals surface area contributed by atoms with Crippen molar-refractivity contribution < 1.29 is 51.6 Å². The summed E-state index contributed by atoms with van der Waals surface area (Å²) in [5.41, 5.74) is 15.1. The van der Waals surface area contributed by atoms with Gasteiger partial charge in [-0.1, -0.05) is 125 Å². The van der Waals surface area contributed by atoms with Crippen LogP contribution in [-0.2, 0) is 69.0 Å². The fourth-order valence-corrected chi connectivity index (χ4v) is 12.0. The zero-order valence-electron chi connectivity index (χ0n) is 50.6. The lowest BCUT2D eigenvalue weighted by atomic mass is 9.87. The molecule has 2 saturated heterocycles. The molecule has 13 nitrogen and oxygen atoms in total. The van der Waals surface area contributed by atoms with Crippen molar-refractivity contribution in [2.24, 2.45) is 0 Å². The number of nitrogens with zero attached hydrogens (tertiary/aromatic N) is 3. The van der Waals surface area contributed by atoms with Crippen molar-refractivity contribution in [2.45, 2.75) is 176 Å². The quantitative estimate of drug-likeness (QED) is 0.103. The second-order valence-electron chi connectivity index (χ2n) is 24.1. The minimum Gasteiger partial charge on any atom is -0.456 e. The van der Waals surface area contributed by atoms with Gasteiger partial charge in [-0.2, -0.15) is 0 Å². The summed E-state index contributed by atoms with van der Waals surface area (Å²) in [6.07, 6.45) is 8.87. The summed E-state index contributed by atoms with van der Waals surface area (Å²) in [4.78, 5) is 61.0. The summed E-state index contributed by atoms with van der Waals surface area (Å²) in [6.45, 7) is 21.9. The average Bonchev–Trinajstić information content (AvgIpc) is 1.98. The molecule has 0 spiro atoms. The predicted octanol–water partition coefficient (Wildman–Crippen LogP) is 14.2. The summed E-state index contributed by atoms with van der Waals surface area (Å²) in [5.74, 6) is -2.86. The van der Waals surface area contributed by atoms with Crippen LogP contribution in [0.3, 0.4) is 0 Å². The van der Waals surface area contributed by atoms with E-state index in [4.69, 9.17) is 33.7 Å². The molecule has 85 heavy (non-hydrogen) atoms. The minimum atomic E-state index is -0.882. The van der Waals surface area contributed by atoms with Crippen LogP contribution in [0.25, 0.3) is 56.9 Å². The number of aromatic nitrogens is 2. The van der Waals surface area contributed by atoms with Crippen molar-refractivity contribution in [1.29, 1.82) is 0 Å². The highest BCUT2D eigenvalue weighted by Crippen LogP contribution is 2.44. The Bertz CT molecular complexity index is 3520. The van der Waals surface area contributed by atoms with E-state index in [1.165, 1.54) is 36.8 Å². The summed E-state index contributed by atoms with van der Waals surface area (Å²) in [7, 11) is 0. The first-order chi connectivity index (χ1) is 40.4. The molecule has 6 heterocycles. The first-order valence-corrected chi connectivity index (χ1v) is 29.4. The third-order valence-electron chi connectivity index (χ3n) is 15.5. The second kappa shape index (κ2) is 26.5. The molecule has 4 aliphatic rings. The largest absolute Gasteiger partial charge is 0.456 e. The number of rotatable bonds is 14. The first-order valence-electron chi connectivity index (χ1n) is 29.4. The van der Waals surface area contributed by atoms with Crippen LogP contribution < -0.4 is 5.32 Å². The average molecular weight is 1160 g/mol. The number of ether oxygens (including phenoxy) is 5. The number of amides is 1. The molecule has 2 fully saturated rings. The standard InChI is InChI=1S/C37H41FN2O6.C33H37FN2O3/c1-22(2)35-31(16-15-28-18-29(17-23(3)41)46-37(5,6)45-28)34(25-11-13-27(38)14-12-25)32-20-40(33(43)21-44-24(4)42)19-26-9-7-8-10-30(26)36(32)39-35;1-20(2)31-28(15-14-25-17-26(16-21(3)37)39-33(4,5)38-25)30(22-10-12-24(34)13-11-22)29-19-35-18-23-8-6-7-9-27(23)32(29)36-31/h7-16,22,28-29H,17-21H2,1-6H3;6-15,20,25-26,35H,16-19H2,1-5H3/b16-15+;15-14+/t28-,29+;25-,26+/m11/s1. The maximum atomic E-state index is 14.2. The van der Waals surface area contributed by atoms with Crippen LogP contribution >= 0.6 is 0 Å². The van der Waals surface area contributed by atoms with E-state index in [2.05, 4.69) is 69.4 Å². The lowest BCUT2D eigenvalue weighted by Crippen LogP contribution is -2.44. The molecular formula is C70H78F2N4O9. The molecule has 2 aromatic heterocycles. The van der Waals surface area contributed by atoms with Crippen molar-refractivity contribution in [3.63, 3.8) is 0 Å². The summed E-state index contributed by atoms with van der Waals surface area (Å²) in [5, 5.41) is 3.59. The van der Waals surface area contributed by atoms with E-state index in [-0.39, 0.29) is 78.5 Å². The van der Waals surface area contributed by atoms with Crippen LogP contribution in [0.5, 0.6) is 0 Å². The van der Waals surface area contributed by atoms with E-state index in [9.17, 15) is 28.0 Å². The maximum absolute atomic E-state index is 14.2. The molecule has 6 aromatic rings. The Labute approximate surface area is 498 Å². The Morgan fingerprint density at radius 2 is 1.06 bits per heavy atom. The molecule has 10 rings (SSSR count). The number of esters is 1. The number of pyridine rings is 2. The van der Waals surface area contributed by atoms with Gasteiger partial charge < -0.3 is 33.9 Å². The Morgan fingerprint density at radius 1 is 0.612 bits per heavy atom. The minimum absolute atomic E-state index is 0.0128. The molecule has 4 aromatic carbocycles. The first kappa shape index (κ1) is 62.1. The van der Waals surface area contributed by atoms with Gasteiger partial charge in [-0.3, -0.25) is 29.1 Å². The van der Waals surface area contributed by atoms with Gasteiger partial charge in [0.2, 0.25) is 0 Å². The van der Waals surface area contributed by atoms with Crippen molar-refractivity contribution in [2.75, 3.05) is 6.61 Å². The van der Waals surface area contributed by atoms with E-state index in [0.717, 1.165) is 90.5 Å². The number of Topliss-reactive ketones (excluding diaryl/α,β-unsaturated/α-hetero) is 2. The molecule has 0 radical (unpaired) electrons. The van der Waals surface area contributed by atoms with E-state index in [1.807, 2.05) is 76.2 Å². The Kier molecular flexibility index (Phi) is 19.4. The lowest BCUT2D eigenvalue weighted by Gasteiger charge is -2.39. The maximum Gasteiger partial charge on any atom is 0.303 e. The summed E-state index contributed by atoms with van der Waals surface area (Å²) in [6, 6.07) is 29.3. The third kappa shape index (κ3) is 15.2. The van der Waals surface area contributed by atoms with Gasteiger partial charge in [0.1, 0.15) is 23.2 Å². The van der Waals surface area contributed by atoms with E-state index < -0.39 is 17.5 Å². The number of hydrogen-bond acceptors (Lipinski definition) is 12. The lowest BCUT2D eigenvalue weighted by molar-refractivity contribution is -0.290. The fraction of sp³-hybridized carbons (Fsp3) is 0.400. The van der Waals surface area contributed by atoms with Crippen LogP contribution in [0.1, 0.15) is 158 Å². The molecule has 446 valence electrons. The molecule has 15 heteroatoms. The number of nitrogens with one attached hydrogen (secondary N) is 1. The number of carbonyl (C=O) groups is 4. The second-order valence-corrected chi connectivity index (χ2v) is 24.1. The number of hydrogen-bond donors (Lipinski definition) is 1. The number of carbonyl (C=O) groups excluding carboxylic acids is 4. The Balaban J connectivity index is 0.000000206. The topological polar surface area (TPSA) is 155 Å². The van der Waals surface area contributed by atoms with Crippen molar-refractivity contribution in [1.82, 2.24) is 20.2 Å². The van der Waals surface area contributed by atoms with Gasteiger partial charge >= 0.3 is 5.97 Å². The monoisotopic (exact) mass is 1160 g/mol. The molecule has 4 atom stereocenters. The van der Waals surface area contributed by atoms with Crippen LogP contribution in [0, 0.1) is 11.6 Å². The smallest absolute Gasteiger partial charge is 0.303 e. The van der Waals surface area contributed by atoms with Crippen LogP contribution in [0.4, 0.5) is 8.78 Å². The van der Waals surface area contributed by atoms with Gasteiger partial charge in [0, 0.05) is 92.2 Å². The van der Waals surface area contributed by atoms with Crippen LogP contribution in [0.2, 0.25) is 0 Å². The van der Waals surface area contributed by atoms with E-state index in [1.54, 1.807) is 30.9 Å². The number of ketones is 2. The molecule has 1 N–H and O–H groups in total. The van der Waals surface area contributed by atoms with Gasteiger partial charge in [0.25, 0.3) is 5.91 Å². The van der Waals surface area contributed by atoms with Crippen molar-refractivity contribution in [3.8, 4) is 44.8 Å². The summed E-state index contributed by atoms with van der Waals surface area (Å²) < 4.78 is 57.9. The van der Waals surface area contributed by atoms with Gasteiger partial charge in [0.15, 0.2) is 18.2 Å². The summed E-state index contributed by atoms with van der Waals surface area (Å²) >= 11 is 0. The fourth-order valence-electron chi connectivity index (χ4n) is 12.0. The molecular weight excluding hydrogens is 1080 g/mol. The van der Waals surface area contributed by atoms with Crippen LogP contribution in [0.15, 0.2) is 109 Å².